The first-order valence-electron chi connectivity index (χ1n) is 5.53. The van der Waals surface area contributed by atoms with Crippen LogP contribution in [-0.2, 0) is 9.53 Å². The lowest BCUT2D eigenvalue weighted by atomic mass is 9.90. The number of amides is 2. The monoisotopic (exact) mass is 349 g/mol. The van der Waals surface area contributed by atoms with Gasteiger partial charge in [0.15, 0.2) is 5.13 Å². The first-order chi connectivity index (χ1) is 9.02. The summed E-state index contributed by atoms with van der Waals surface area (Å²) >= 11 is 4.47. The van der Waals surface area contributed by atoms with Gasteiger partial charge in [0, 0.05) is 26.1 Å². The molecule has 104 valence electrons. The molecule has 2 amide bonds. The summed E-state index contributed by atoms with van der Waals surface area (Å²) in [5, 5.41) is 14.7. The summed E-state index contributed by atoms with van der Waals surface area (Å²) in [6.45, 7) is 0.630. The van der Waals surface area contributed by atoms with Crippen molar-refractivity contribution in [2.45, 2.75) is 18.4 Å². The molecule has 2 heterocycles. The Morgan fingerprint density at radius 1 is 1.47 bits per heavy atom. The fourth-order valence-corrected chi connectivity index (χ4v) is 2.87. The van der Waals surface area contributed by atoms with Crippen molar-refractivity contribution in [3.05, 3.63) is 9.98 Å². The van der Waals surface area contributed by atoms with E-state index in [4.69, 9.17) is 4.74 Å². The van der Waals surface area contributed by atoms with Crippen LogP contribution in [0.15, 0.2) is 9.98 Å². The number of aromatic nitrogens is 1. The number of ether oxygens (including phenoxy) is 1. The van der Waals surface area contributed by atoms with E-state index in [9.17, 15) is 14.7 Å². The Morgan fingerprint density at radius 2 is 2.16 bits per heavy atom. The van der Waals surface area contributed by atoms with Crippen LogP contribution in [0.2, 0.25) is 0 Å². The van der Waals surface area contributed by atoms with Gasteiger partial charge in [-0.1, -0.05) is 11.3 Å². The summed E-state index contributed by atoms with van der Waals surface area (Å²) < 4.78 is 5.91. The fraction of sp³-hybridized carbons (Fsp3) is 0.500. The highest BCUT2D eigenvalue weighted by atomic mass is 79.9. The molecule has 1 aromatic rings. The van der Waals surface area contributed by atoms with Crippen molar-refractivity contribution in [3.63, 3.8) is 0 Å². The van der Waals surface area contributed by atoms with Crippen LogP contribution in [0, 0.1) is 0 Å². The third-order valence-corrected chi connectivity index (χ3v) is 4.20. The van der Waals surface area contributed by atoms with Crippen molar-refractivity contribution in [2.24, 2.45) is 0 Å². The molecular weight excluding hydrogens is 338 g/mol. The zero-order valence-electron chi connectivity index (χ0n) is 9.81. The van der Waals surface area contributed by atoms with Gasteiger partial charge in [-0.3, -0.25) is 5.32 Å². The summed E-state index contributed by atoms with van der Waals surface area (Å²) in [5.74, 6) is -1.05. The first kappa shape index (κ1) is 14.2. The topological polar surface area (TPSA) is 101 Å². The molecule has 0 saturated carbocycles. The SMILES string of the molecule is O=C(Nc1ncc(Br)s1)NC1(C(=O)O)CCOCC1. The van der Waals surface area contributed by atoms with Gasteiger partial charge in [-0.25, -0.2) is 14.6 Å². The Kier molecular flexibility index (Phi) is 4.38. The molecule has 1 aliphatic rings. The van der Waals surface area contributed by atoms with Gasteiger partial charge in [0.1, 0.15) is 5.54 Å². The average molecular weight is 350 g/mol. The molecule has 0 atom stereocenters. The molecule has 9 heteroatoms. The standard InChI is InChI=1S/C10H12BrN3O4S/c11-6-5-12-9(19-6)13-8(17)14-10(7(15)16)1-3-18-4-2-10/h5H,1-4H2,(H,15,16)(H2,12,13,14,17). The number of thiazole rings is 1. The van der Waals surface area contributed by atoms with Crippen molar-refractivity contribution in [2.75, 3.05) is 18.5 Å². The zero-order chi connectivity index (χ0) is 13.9. The number of hydrogen-bond donors (Lipinski definition) is 3. The predicted molar refractivity (Wildman–Crippen MR) is 72.4 cm³/mol. The number of carbonyl (C=O) groups excluding carboxylic acids is 1. The lowest BCUT2D eigenvalue weighted by molar-refractivity contribution is -0.148. The Bertz CT molecular complexity index is 487. The quantitative estimate of drug-likeness (QED) is 0.770. The molecule has 0 radical (unpaired) electrons. The average Bonchev–Trinajstić information content (AvgIpc) is 2.75. The van der Waals surface area contributed by atoms with E-state index in [0.29, 0.717) is 18.3 Å². The van der Waals surface area contributed by atoms with E-state index in [1.165, 1.54) is 11.3 Å². The molecule has 0 unspecified atom stereocenters. The van der Waals surface area contributed by atoms with Gasteiger partial charge in [-0.2, -0.15) is 0 Å². The van der Waals surface area contributed by atoms with E-state index in [1.54, 1.807) is 6.20 Å². The van der Waals surface area contributed by atoms with Gasteiger partial charge < -0.3 is 15.2 Å². The number of nitrogens with zero attached hydrogens (tertiary/aromatic N) is 1. The van der Waals surface area contributed by atoms with Gasteiger partial charge in [0.2, 0.25) is 0 Å². The van der Waals surface area contributed by atoms with Gasteiger partial charge in [0.25, 0.3) is 0 Å². The largest absolute Gasteiger partial charge is 0.480 e. The van der Waals surface area contributed by atoms with Gasteiger partial charge in [0.05, 0.1) is 9.98 Å². The molecule has 1 aromatic heterocycles. The second-order valence-electron chi connectivity index (χ2n) is 4.05. The van der Waals surface area contributed by atoms with Gasteiger partial charge in [-0.05, 0) is 15.9 Å². The molecule has 0 aromatic carbocycles. The highest BCUT2D eigenvalue weighted by Crippen LogP contribution is 2.24. The molecule has 7 nitrogen and oxygen atoms in total. The maximum atomic E-state index is 11.8. The van der Waals surface area contributed by atoms with Crippen molar-refractivity contribution in [1.82, 2.24) is 10.3 Å². The van der Waals surface area contributed by atoms with Crippen molar-refractivity contribution < 1.29 is 19.4 Å². The highest BCUT2D eigenvalue weighted by molar-refractivity contribution is 9.11. The molecule has 1 saturated heterocycles. The molecular formula is C10H12BrN3O4S. The van der Waals surface area contributed by atoms with Crippen LogP contribution in [0.1, 0.15) is 12.8 Å². The fourth-order valence-electron chi connectivity index (χ4n) is 1.77. The van der Waals surface area contributed by atoms with E-state index in [-0.39, 0.29) is 12.8 Å². The number of carboxylic acid groups (broad SMARTS) is 1. The number of carbonyl (C=O) groups is 2. The summed E-state index contributed by atoms with van der Waals surface area (Å²) in [7, 11) is 0. The number of nitrogens with one attached hydrogen (secondary N) is 2. The maximum absolute atomic E-state index is 11.8. The minimum Gasteiger partial charge on any atom is -0.480 e. The van der Waals surface area contributed by atoms with Crippen molar-refractivity contribution in [3.8, 4) is 0 Å². The second kappa shape index (κ2) is 5.85. The second-order valence-corrected chi connectivity index (χ2v) is 6.46. The third kappa shape index (κ3) is 3.43. The van der Waals surface area contributed by atoms with Crippen LogP contribution in [0.3, 0.4) is 0 Å². The normalized spacial score (nSPS) is 17.7. The molecule has 1 fully saturated rings. The number of urea groups is 1. The van der Waals surface area contributed by atoms with E-state index >= 15 is 0 Å². The van der Waals surface area contributed by atoms with Gasteiger partial charge in [-0.15, -0.1) is 0 Å². The molecule has 0 bridgehead atoms. The lowest BCUT2D eigenvalue weighted by Crippen LogP contribution is -2.58. The van der Waals surface area contributed by atoms with E-state index < -0.39 is 17.5 Å². The van der Waals surface area contributed by atoms with Crippen LogP contribution >= 0.6 is 27.3 Å². The Labute approximate surface area is 121 Å². The first-order valence-corrected chi connectivity index (χ1v) is 7.14. The molecule has 0 aliphatic carbocycles. The molecule has 3 N–H and O–H groups in total. The highest BCUT2D eigenvalue weighted by Gasteiger charge is 2.41. The zero-order valence-corrected chi connectivity index (χ0v) is 12.2. The van der Waals surface area contributed by atoms with E-state index in [0.717, 1.165) is 3.79 Å². The van der Waals surface area contributed by atoms with E-state index in [1.807, 2.05) is 0 Å². The number of hydrogen-bond acceptors (Lipinski definition) is 5. The Hall–Kier alpha value is -1.19. The summed E-state index contributed by atoms with van der Waals surface area (Å²) in [6.07, 6.45) is 2.05. The Balaban J connectivity index is 2.01. The van der Waals surface area contributed by atoms with Crippen LogP contribution in [0.25, 0.3) is 0 Å². The maximum Gasteiger partial charge on any atom is 0.329 e. The summed E-state index contributed by atoms with van der Waals surface area (Å²) in [5.41, 5.74) is -1.27. The number of carboxylic acids is 1. The Morgan fingerprint density at radius 3 is 2.68 bits per heavy atom. The smallest absolute Gasteiger partial charge is 0.329 e. The summed E-state index contributed by atoms with van der Waals surface area (Å²) in [6, 6.07) is -0.578. The number of anilines is 1. The van der Waals surface area contributed by atoms with Crippen LogP contribution in [0.4, 0.5) is 9.93 Å². The van der Waals surface area contributed by atoms with E-state index in [2.05, 4.69) is 31.5 Å². The summed E-state index contributed by atoms with van der Waals surface area (Å²) in [4.78, 5) is 27.1. The number of halogens is 1. The van der Waals surface area contributed by atoms with Crippen LogP contribution in [-0.4, -0.2) is 40.8 Å². The van der Waals surface area contributed by atoms with Crippen molar-refractivity contribution >= 4 is 44.4 Å². The van der Waals surface area contributed by atoms with Crippen LogP contribution in [0.5, 0.6) is 0 Å². The number of aliphatic carboxylic acids is 1. The van der Waals surface area contributed by atoms with Crippen LogP contribution < -0.4 is 10.6 Å². The molecule has 1 aliphatic heterocycles. The van der Waals surface area contributed by atoms with Gasteiger partial charge >= 0.3 is 12.0 Å². The molecule has 0 spiro atoms. The molecule has 2 rings (SSSR count). The minimum absolute atomic E-state index is 0.247. The lowest BCUT2D eigenvalue weighted by Gasteiger charge is -2.33. The van der Waals surface area contributed by atoms with Crippen molar-refractivity contribution in [1.29, 1.82) is 0 Å². The third-order valence-electron chi connectivity index (χ3n) is 2.81. The predicted octanol–water partition coefficient (Wildman–Crippen LogP) is 1.66. The number of rotatable bonds is 3. The molecule has 19 heavy (non-hydrogen) atoms. The minimum atomic E-state index is -1.27.